The fourth-order valence-electron chi connectivity index (χ4n) is 1.98. The summed E-state index contributed by atoms with van der Waals surface area (Å²) in [4.78, 5) is 0. The van der Waals surface area contributed by atoms with Gasteiger partial charge in [-0.15, -0.1) is 0 Å². The lowest BCUT2D eigenvalue weighted by Crippen LogP contribution is -2.08. The monoisotopic (exact) mass is 443 g/mol. The predicted octanol–water partition coefficient (Wildman–Crippen LogP) is 6.50. The van der Waals surface area contributed by atoms with Crippen LogP contribution in [0.4, 0.5) is 4.39 Å². The smallest absolute Gasteiger partial charge is 0.127 e. The average molecular weight is 444 g/mol. The Morgan fingerprint density at radius 1 is 1.16 bits per heavy atom. The highest BCUT2D eigenvalue weighted by molar-refractivity contribution is 5.78. The summed E-state index contributed by atoms with van der Waals surface area (Å²) in [5.41, 5.74) is 1.44. The minimum absolute atomic E-state index is 0.0519. The van der Waals surface area contributed by atoms with Crippen molar-refractivity contribution < 1.29 is 23.3 Å². The Morgan fingerprint density at radius 2 is 1.71 bits per heavy atom. The van der Waals surface area contributed by atoms with Gasteiger partial charge in [0.25, 0.3) is 0 Å². The van der Waals surface area contributed by atoms with Crippen molar-refractivity contribution >= 4 is 5.71 Å². The summed E-state index contributed by atoms with van der Waals surface area (Å²) >= 11 is 0. The van der Waals surface area contributed by atoms with E-state index in [-0.39, 0.29) is 11.7 Å². The average Bonchev–Trinajstić information content (AvgIpc) is 3.59. The lowest BCUT2D eigenvalue weighted by Gasteiger charge is -2.15. The Bertz CT molecular complexity index is 548. The molecule has 2 rings (SSSR count). The molecular formula is C25H46FNO4. The molecule has 1 aromatic carbocycles. The van der Waals surface area contributed by atoms with Gasteiger partial charge >= 0.3 is 0 Å². The highest BCUT2D eigenvalue weighted by atomic mass is 19.1. The topological polar surface area (TPSA) is 60.8 Å². The van der Waals surface area contributed by atoms with E-state index in [9.17, 15) is 4.39 Å². The maximum absolute atomic E-state index is 13.8. The molecule has 0 heterocycles. The second-order valence-electron chi connectivity index (χ2n) is 7.53. The van der Waals surface area contributed by atoms with Crippen molar-refractivity contribution in [1.82, 2.24) is 0 Å². The van der Waals surface area contributed by atoms with Gasteiger partial charge in [-0.3, -0.25) is 0 Å². The lowest BCUT2D eigenvalue weighted by molar-refractivity contribution is 0.123. The number of methoxy groups -OCH3 is 2. The minimum atomic E-state index is -0.175. The van der Waals surface area contributed by atoms with E-state index in [1.54, 1.807) is 34.3 Å². The van der Waals surface area contributed by atoms with Crippen LogP contribution in [0.1, 0.15) is 71.8 Å². The second-order valence-corrected chi connectivity index (χ2v) is 7.53. The van der Waals surface area contributed by atoms with Crippen LogP contribution < -0.4 is 4.74 Å². The first-order valence-electron chi connectivity index (χ1n) is 11.2. The van der Waals surface area contributed by atoms with Gasteiger partial charge in [-0.05, 0) is 69.2 Å². The van der Waals surface area contributed by atoms with Crippen LogP contribution >= 0.6 is 0 Å². The van der Waals surface area contributed by atoms with Gasteiger partial charge in [-0.2, -0.15) is 0 Å². The van der Waals surface area contributed by atoms with Crippen molar-refractivity contribution in [3.8, 4) is 5.75 Å². The molecule has 0 spiro atoms. The highest BCUT2D eigenvalue weighted by Crippen LogP contribution is 2.30. The van der Waals surface area contributed by atoms with Crippen LogP contribution in [0.2, 0.25) is 0 Å². The van der Waals surface area contributed by atoms with E-state index in [1.165, 1.54) is 18.9 Å². The fraction of sp³-hybridized carbons (Fsp3) is 0.720. The van der Waals surface area contributed by atoms with Gasteiger partial charge < -0.3 is 24.4 Å². The Hall–Kier alpha value is -1.50. The zero-order valence-electron chi connectivity index (χ0n) is 21.1. The zero-order valence-corrected chi connectivity index (χ0v) is 21.1. The minimum Gasteiger partial charge on any atom is -0.493 e. The van der Waals surface area contributed by atoms with Gasteiger partial charge in [0.05, 0.1) is 13.2 Å². The second kappa shape index (κ2) is 21.7. The fourth-order valence-corrected chi connectivity index (χ4v) is 1.98. The molecule has 1 aliphatic rings. The van der Waals surface area contributed by atoms with E-state index in [0.717, 1.165) is 44.1 Å². The number of halogens is 1. The molecule has 0 bridgehead atoms. The molecule has 182 valence electrons. The molecule has 1 aromatic rings. The first kappa shape index (κ1) is 31.7. The molecule has 0 radical (unpaired) electrons. The van der Waals surface area contributed by atoms with E-state index in [4.69, 9.17) is 14.9 Å². The molecule has 0 amide bonds. The van der Waals surface area contributed by atoms with E-state index in [0.29, 0.717) is 18.1 Å². The standard InChI is InChI=1S/C16H23FO2.C4H9N.C3H8O.C2H6O/c1-3-8-18-10-12(2)15-9-14(6-7-16(15)17)19-11-13-4-5-13;1-3-4(2)5;1-3-4-2;1-3-2/h6-7,9,12-13H,3-5,8,10-11H2,1-2H3;5H,3H2,1-2H3;3H2,1-2H3;1-2H3. The molecule has 1 N–H and O–H groups in total. The third-order valence-electron chi connectivity index (χ3n) is 4.22. The van der Waals surface area contributed by atoms with Crippen LogP contribution in [-0.4, -0.2) is 53.5 Å². The van der Waals surface area contributed by atoms with Crippen molar-refractivity contribution in [3.05, 3.63) is 29.6 Å². The van der Waals surface area contributed by atoms with Crippen molar-refractivity contribution in [2.24, 2.45) is 5.92 Å². The molecule has 1 saturated carbocycles. The Labute approximate surface area is 190 Å². The van der Waals surface area contributed by atoms with E-state index >= 15 is 0 Å². The first-order valence-corrected chi connectivity index (χ1v) is 11.2. The van der Waals surface area contributed by atoms with Gasteiger partial charge in [0, 0.05) is 46.2 Å². The summed E-state index contributed by atoms with van der Waals surface area (Å²) in [6.45, 7) is 12.6. The predicted molar refractivity (Wildman–Crippen MR) is 128 cm³/mol. The van der Waals surface area contributed by atoms with Gasteiger partial charge in [-0.25, -0.2) is 4.39 Å². The molecule has 1 fully saturated rings. The molecule has 31 heavy (non-hydrogen) atoms. The Morgan fingerprint density at radius 3 is 2.13 bits per heavy atom. The number of rotatable bonds is 10. The van der Waals surface area contributed by atoms with E-state index in [1.807, 2.05) is 26.8 Å². The summed E-state index contributed by atoms with van der Waals surface area (Å²) in [5, 5.41) is 6.74. The quantitative estimate of drug-likeness (QED) is 0.331. The molecule has 6 heteroatoms. The van der Waals surface area contributed by atoms with Crippen molar-refractivity contribution in [1.29, 1.82) is 5.41 Å². The lowest BCUT2D eigenvalue weighted by atomic mass is 10.0. The van der Waals surface area contributed by atoms with E-state index in [2.05, 4.69) is 16.4 Å². The van der Waals surface area contributed by atoms with Gasteiger partial charge in [0.2, 0.25) is 0 Å². The van der Waals surface area contributed by atoms with Crippen LogP contribution in [0, 0.1) is 17.1 Å². The molecule has 1 atom stereocenters. The van der Waals surface area contributed by atoms with Crippen molar-refractivity contribution in [3.63, 3.8) is 0 Å². The number of benzene rings is 1. The van der Waals surface area contributed by atoms with Crippen LogP contribution in [0.15, 0.2) is 18.2 Å². The summed E-state index contributed by atoms with van der Waals surface area (Å²) in [5.74, 6) is 1.35. The SMILES string of the molecule is CCC(C)=N.CCCOCC(C)c1cc(OCC2CC2)ccc1F.CCOC.COC. The van der Waals surface area contributed by atoms with Crippen LogP contribution in [0.5, 0.6) is 5.75 Å². The van der Waals surface area contributed by atoms with Crippen LogP contribution in [0.3, 0.4) is 0 Å². The molecule has 5 nitrogen and oxygen atoms in total. The van der Waals surface area contributed by atoms with Crippen LogP contribution in [0.25, 0.3) is 0 Å². The number of nitrogens with one attached hydrogen (secondary N) is 1. The largest absolute Gasteiger partial charge is 0.493 e. The maximum Gasteiger partial charge on any atom is 0.127 e. The number of hydrogen-bond acceptors (Lipinski definition) is 5. The first-order chi connectivity index (χ1) is 14.8. The van der Waals surface area contributed by atoms with Crippen molar-refractivity contribution in [2.75, 3.05) is 47.8 Å². The van der Waals surface area contributed by atoms with Gasteiger partial charge in [-0.1, -0.05) is 20.8 Å². The molecular weight excluding hydrogens is 397 g/mol. The summed E-state index contributed by atoms with van der Waals surface area (Å²) in [6, 6.07) is 5.02. The Balaban J connectivity index is 0. The molecule has 1 unspecified atom stereocenters. The maximum atomic E-state index is 13.8. The summed E-state index contributed by atoms with van der Waals surface area (Å²) in [7, 11) is 4.93. The number of ether oxygens (including phenoxy) is 4. The van der Waals surface area contributed by atoms with E-state index < -0.39 is 0 Å². The Kier molecular flexibility index (Phi) is 22.2. The van der Waals surface area contributed by atoms with Crippen LogP contribution in [-0.2, 0) is 14.2 Å². The summed E-state index contributed by atoms with van der Waals surface area (Å²) in [6.07, 6.45) is 4.39. The highest BCUT2D eigenvalue weighted by Gasteiger charge is 2.22. The van der Waals surface area contributed by atoms with Gasteiger partial charge in [0.15, 0.2) is 0 Å². The number of hydrogen-bond donors (Lipinski definition) is 1. The molecule has 0 aliphatic heterocycles. The molecule has 0 aromatic heterocycles. The summed E-state index contributed by atoms with van der Waals surface area (Å²) < 4.78 is 33.8. The molecule has 1 aliphatic carbocycles. The van der Waals surface area contributed by atoms with Crippen molar-refractivity contribution in [2.45, 2.75) is 66.2 Å². The van der Waals surface area contributed by atoms with Gasteiger partial charge in [0.1, 0.15) is 11.6 Å². The zero-order chi connectivity index (χ0) is 24.1. The molecule has 0 saturated heterocycles. The normalized spacial score (nSPS) is 12.8. The third-order valence-corrected chi connectivity index (χ3v) is 4.22. The third kappa shape index (κ3) is 20.2.